The Morgan fingerprint density at radius 1 is 1.18 bits per heavy atom. The first-order valence-corrected chi connectivity index (χ1v) is 4.83. The van der Waals surface area contributed by atoms with E-state index >= 15 is 0 Å². The molecule has 1 heterocycles. The summed E-state index contributed by atoms with van der Waals surface area (Å²) in [7, 11) is 0. The molecule has 64 valence electrons. The van der Waals surface area contributed by atoms with E-state index < -0.39 is 0 Å². The average Bonchev–Trinajstić information content (AvgIpc) is 2.45. The maximum Gasteiger partial charge on any atom is 0.000642 e. The summed E-state index contributed by atoms with van der Waals surface area (Å²) in [4.78, 5) is 0. The van der Waals surface area contributed by atoms with E-state index in [9.17, 15) is 0 Å². The SMILES string of the molecule is C[C-]1CCC2(CCNC2)CC1. The summed E-state index contributed by atoms with van der Waals surface area (Å²) in [5, 5.41) is 3.49. The summed E-state index contributed by atoms with van der Waals surface area (Å²) < 4.78 is 0. The average molecular weight is 152 g/mol. The van der Waals surface area contributed by atoms with Crippen LogP contribution in [-0.4, -0.2) is 13.1 Å². The van der Waals surface area contributed by atoms with Crippen LogP contribution in [0.25, 0.3) is 0 Å². The van der Waals surface area contributed by atoms with Gasteiger partial charge >= 0.3 is 0 Å². The van der Waals surface area contributed by atoms with Crippen molar-refractivity contribution in [2.24, 2.45) is 5.41 Å². The van der Waals surface area contributed by atoms with Gasteiger partial charge in [0.05, 0.1) is 0 Å². The van der Waals surface area contributed by atoms with Gasteiger partial charge in [-0.2, -0.15) is 19.8 Å². The van der Waals surface area contributed by atoms with E-state index in [1.807, 2.05) is 0 Å². The minimum absolute atomic E-state index is 0.722. The van der Waals surface area contributed by atoms with Gasteiger partial charge in [-0.05, 0) is 18.4 Å². The van der Waals surface area contributed by atoms with Crippen molar-refractivity contribution in [2.45, 2.75) is 39.0 Å². The van der Waals surface area contributed by atoms with Crippen LogP contribution in [-0.2, 0) is 0 Å². The molecule has 2 fully saturated rings. The first kappa shape index (κ1) is 7.60. The zero-order valence-corrected chi connectivity index (χ0v) is 7.45. The Morgan fingerprint density at radius 2 is 1.91 bits per heavy atom. The molecule has 0 bridgehead atoms. The highest BCUT2D eigenvalue weighted by atomic mass is 14.9. The summed E-state index contributed by atoms with van der Waals surface area (Å²) in [6.07, 6.45) is 7.11. The molecule has 0 unspecified atom stereocenters. The first-order chi connectivity index (χ1) is 5.31. The fourth-order valence-electron chi connectivity index (χ4n) is 2.43. The monoisotopic (exact) mass is 152 g/mol. The molecule has 1 saturated heterocycles. The molecule has 1 N–H and O–H groups in total. The summed E-state index contributed by atoms with van der Waals surface area (Å²) in [6.45, 7) is 4.87. The largest absolute Gasteiger partial charge is 0.317 e. The van der Waals surface area contributed by atoms with Crippen molar-refractivity contribution in [1.82, 2.24) is 5.32 Å². The molecule has 0 aromatic heterocycles. The molecule has 1 saturated carbocycles. The van der Waals surface area contributed by atoms with E-state index in [1.165, 1.54) is 45.2 Å². The molecule has 1 aliphatic carbocycles. The lowest BCUT2D eigenvalue weighted by atomic mass is 9.70. The first-order valence-electron chi connectivity index (χ1n) is 4.83. The van der Waals surface area contributed by atoms with Crippen molar-refractivity contribution < 1.29 is 0 Å². The van der Waals surface area contributed by atoms with Crippen molar-refractivity contribution in [2.75, 3.05) is 13.1 Å². The zero-order chi connectivity index (χ0) is 7.73. The topological polar surface area (TPSA) is 12.0 Å². The quantitative estimate of drug-likeness (QED) is 0.524. The Labute approximate surface area is 69.6 Å². The number of hydrogen-bond acceptors (Lipinski definition) is 1. The van der Waals surface area contributed by atoms with Gasteiger partial charge in [0.15, 0.2) is 0 Å². The van der Waals surface area contributed by atoms with Crippen LogP contribution in [0.15, 0.2) is 0 Å². The van der Waals surface area contributed by atoms with Crippen molar-refractivity contribution in [1.29, 1.82) is 0 Å². The third-order valence-electron chi connectivity index (χ3n) is 3.50. The Morgan fingerprint density at radius 3 is 2.45 bits per heavy atom. The smallest absolute Gasteiger partial charge is 0.000642 e. The standard InChI is InChI=1S/C10H18N/c1-9-2-4-10(5-3-9)6-7-11-8-10/h11H,2-8H2,1H3/q-1. The van der Waals surface area contributed by atoms with Crippen LogP contribution in [0.5, 0.6) is 0 Å². The van der Waals surface area contributed by atoms with Crippen molar-refractivity contribution in [3.8, 4) is 0 Å². The molecular formula is C10H18N-. The molecule has 2 aliphatic rings. The minimum atomic E-state index is 0.722. The second kappa shape index (κ2) is 2.78. The molecule has 1 heteroatoms. The van der Waals surface area contributed by atoms with Gasteiger partial charge in [-0.1, -0.05) is 12.8 Å². The van der Waals surface area contributed by atoms with Gasteiger partial charge in [0, 0.05) is 6.54 Å². The van der Waals surface area contributed by atoms with Crippen LogP contribution in [0, 0.1) is 11.3 Å². The molecule has 1 spiro atoms. The third kappa shape index (κ3) is 1.44. The van der Waals surface area contributed by atoms with Gasteiger partial charge in [-0.15, -0.1) is 0 Å². The molecule has 0 aromatic rings. The zero-order valence-electron chi connectivity index (χ0n) is 7.45. The van der Waals surface area contributed by atoms with Crippen LogP contribution >= 0.6 is 0 Å². The van der Waals surface area contributed by atoms with E-state index in [2.05, 4.69) is 12.2 Å². The van der Waals surface area contributed by atoms with Gasteiger partial charge < -0.3 is 11.2 Å². The second-order valence-corrected chi connectivity index (χ2v) is 4.38. The molecule has 0 radical (unpaired) electrons. The third-order valence-corrected chi connectivity index (χ3v) is 3.50. The highest BCUT2D eigenvalue weighted by molar-refractivity contribution is 4.99. The molecule has 0 amide bonds. The summed E-state index contributed by atoms with van der Waals surface area (Å²) in [6, 6.07) is 0. The molecule has 1 nitrogen and oxygen atoms in total. The van der Waals surface area contributed by atoms with E-state index in [0.29, 0.717) is 0 Å². The normalized spacial score (nSPS) is 31.4. The minimum Gasteiger partial charge on any atom is -0.317 e. The molecule has 0 atom stereocenters. The summed E-state index contributed by atoms with van der Waals surface area (Å²) in [5.74, 6) is 1.72. The van der Waals surface area contributed by atoms with Crippen LogP contribution in [0.2, 0.25) is 0 Å². The van der Waals surface area contributed by atoms with Crippen molar-refractivity contribution >= 4 is 0 Å². The lowest BCUT2D eigenvalue weighted by molar-refractivity contribution is 0.230. The van der Waals surface area contributed by atoms with Crippen LogP contribution < -0.4 is 5.32 Å². The number of nitrogens with one attached hydrogen (secondary N) is 1. The molecule has 2 rings (SSSR count). The summed E-state index contributed by atoms with van der Waals surface area (Å²) >= 11 is 0. The predicted octanol–water partition coefficient (Wildman–Crippen LogP) is 2.13. The Balaban J connectivity index is 1.94. The van der Waals surface area contributed by atoms with E-state index in [-0.39, 0.29) is 0 Å². The van der Waals surface area contributed by atoms with E-state index in [1.54, 1.807) is 5.92 Å². The van der Waals surface area contributed by atoms with Crippen LogP contribution in [0.4, 0.5) is 0 Å². The van der Waals surface area contributed by atoms with Crippen molar-refractivity contribution in [3.05, 3.63) is 5.92 Å². The maximum absolute atomic E-state index is 3.49. The van der Waals surface area contributed by atoms with Crippen LogP contribution in [0.3, 0.4) is 0 Å². The predicted molar refractivity (Wildman–Crippen MR) is 47.3 cm³/mol. The highest BCUT2D eigenvalue weighted by Gasteiger charge is 2.32. The number of hydrogen-bond donors (Lipinski definition) is 1. The van der Waals surface area contributed by atoms with Gasteiger partial charge in [0.1, 0.15) is 0 Å². The van der Waals surface area contributed by atoms with E-state index in [0.717, 1.165) is 5.41 Å². The lowest BCUT2D eigenvalue weighted by Gasteiger charge is -2.42. The van der Waals surface area contributed by atoms with Gasteiger partial charge in [0.2, 0.25) is 0 Å². The molecule has 1 aliphatic heterocycles. The Kier molecular flexibility index (Phi) is 1.92. The molecule has 0 aromatic carbocycles. The molecular weight excluding hydrogens is 134 g/mol. The fraction of sp³-hybridized carbons (Fsp3) is 0.900. The second-order valence-electron chi connectivity index (χ2n) is 4.38. The number of rotatable bonds is 0. The molecule has 11 heavy (non-hydrogen) atoms. The van der Waals surface area contributed by atoms with Gasteiger partial charge in [-0.25, -0.2) is 0 Å². The maximum atomic E-state index is 3.49. The lowest BCUT2D eigenvalue weighted by Crippen LogP contribution is -2.28. The van der Waals surface area contributed by atoms with E-state index in [4.69, 9.17) is 0 Å². The van der Waals surface area contributed by atoms with Crippen molar-refractivity contribution in [3.63, 3.8) is 0 Å². The highest BCUT2D eigenvalue weighted by Crippen LogP contribution is 2.43. The Bertz CT molecular complexity index is 126. The van der Waals surface area contributed by atoms with Crippen LogP contribution in [0.1, 0.15) is 39.0 Å². The summed E-state index contributed by atoms with van der Waals surface area (Å²) in [5.41, 5.74) is 0.722. The van der Waals surface area contributed by atoms with Gasteiger partial charge in [-0.3, -0.25) is 0 Å². The fourth-order valence-corrected chi connectivity index (χ4v) is 2.43. The van der Waals surface area contributed by atoms with Gasteiger partial charge in [0.25, 0.3) is 0 Å². The Hall–Kier alpha value is -0.0400.